The second kappa shape index (κ2) is 48.6. The van der Waals surface area contributed by atoms with Crippen LogP contribution < -0.4 is 0 Å². The van der Waals surface area contributed by atoms with Crippen molar-refractivity contribution in [1.29, 1.82) is 0 Å². The third-order valence-corrected chi connectivity index (χ3v) is 12.1. The van der Waals surface area contributed by atoms with Crippen LogP contribution >= 0.6 is 0 Å². The summed E-state index contributed by atoms with van der Waals surface area (Å²) < 4.78 is 46.6. The Balaban J connectivity index is 2.71. The second-order valence-electron chi connectivity index (χ2n) is 18.6. The van der Waals surface area contributed by atoms with Crippen molar-refractivity contribution < 1.29 is 52.3 Å². The van der Waals surface area contributed by atoms with Crippen molar-refractivity contribution in [3.63, 3.8) is 0 Å². The van der Waals surface area contributed by atoms with Gasteiger partial charge in [0.05, 0.1) is 39.0 Å². The van der Waals surface area contributed by atoms with E-state index in [1.54, 1.807) is 0 Å². The zero-order valence-corrected chi connectivity index (χ0v) is 44.5. The van der Waals surface area contributed by atoms with Crippen molar-refractivity contribution in [2.75, 3.05) is 72.5 Å². The molecule has 1 atom stereocenters. The van der Waals surface area contributed by atoms with E-state index in [0.717, 1.165) is 71.0 Å². The molecule has 1 heterocycles. The van der Waals surface area contributed by atoms with Crippen LogP contribution in [-0.4, -0.2) is 108 Å². The Morgan fingerprint density at radius 3 is 1.29 bits per heavy atom. The summed E-state index contributed by atoms with van der Waals surface area (Å²) in [5, 5.41) is 0. The largest absolute Gasteiger partial charge is 0.508 e. The molecule has 1 rings (SSSR count). The van der Waals surface area contributed by atoms with Crippen LogP contribution in [0.2, 0.25) is 0 Å². The fourth-order valence-electron chi connectivity index (χ4n) is 7.73. The van der Waals surface area contributed by atoms with Gasteiger partial charge in [-0.25, -0.2) is 4.79 Å². The Bertz CT molecular complexity index is 1200. The molecule has 0 radical (unpaired) electrons. The van der Waals surface area contributed by atoms with E-state index >= 15 is 0 Å². The Morgan fingerprint density at radius 1 is 0.493 bits per heavy atom. The number of piperidine rings is 1. The lowest BCUT2D eigenvalue weighted by atomic mass is 9.99. The minimum Gasteiger partial charge on any atom is -0.465 e. The van der Waals surface area contributed by atoms with Crippen LogP contribution in [0.3, 0.4) is 0 Å². The maximum atomic E-state index is 13.0. The number of nitrogens with zero attached hydrogens (tertiary/aromatic N) is 1. The fraction of sp³-hybridized carbons (Fsp3) is 0.807. The minimum absolute atomic E-state index is 0.0615. The van der Waals surface area contributed by atoms with Crippen LogP contribution in [0.1, 0.15) is 202 Å². The smallest absolute Gasteiger partial charge is 0.465 e. The quantitative estimate of drug-likeness (QED) is 0.0189. The highest BCUT2D eigenvalue weighted by Gasteiger charge is 2.22. The number of allylic oxidation sites excluding steroid dienone is 4. The van der Waals surface area contributed by atoms with Crippen LogP contribution in [0.15, 0.2) is 48.6 Å². The SMILES string of the molecule is CCCCC/C=C/COC(CCCCC(=O)OCC(COC(=O)CCCCC(OC/C=C/CCCCC)OC/C=C/CCCCC)COC(=O)OCC1CCCN(CC)C1)OC/C=C/CCCCC. The van der Waals surface area contributed by atoms with Crippen LogP contribution in [0.4, 0.5) is 4.79 Å². The number of esters is 2. The Labute approximate surface area is 421 Å². The summed E-state index contributed by atoms with van der Waals surface area (Å²) in [7, 11) is 0. The average molecular weight is 976 g/mol. The van der Waals surface area contributed by atoms with Crippen molar-refractivity contribution in [1.82, 2.24) is 4.90 Å². The van der Waals surface area contributed by atoms with E-state index in [1.807, 2.05) is 0 Å². The topological polar surface area (TPSA) is 128 Å². The molecule has 0 aromatic rings. The number of unbranched alkanes of at least 4 members (excludes halogenated alkanes) is 14. The molecule has 12 heteroatoms. The van der Waals surface area contributed by atoms with Gasteiger partial charge in [0.2, 0.25) is 0 Å². The first kappa shape index (κ1) is 64.0. The molecule has 0 bridgehead atoms. The normalized spacial score (nSPS) is 14.8. The van der Waals surface area contributed by atoms with Gasteiger partial charge in [0, 0.05) is 25.3 Å². The Morgan fingerprint density at radius 2 is 0.899 bits per heavy atom. The van der Waals surface area contributed by atoms with Gasteiger partial charge in [-0.3, -0.25) is 9.59 Å². The lowest BCUT2D eigenvalue weighted by Gasteiger charge is -2.31. The van der Waals surface area contributed by atoms with E-state index < -0.39 is 12.1 Å². The lowest BCUT2D eigenvalue weighted by molar-refractivity contribution is -0.150. The van der Waals surface area contributed by atoms with Gasteiger partial charge in [0.25, 0.3) is 0 Å². The predicted octanol–water partition coefficient (Wildman–Crippen LogP) is 14.0. The van der Waals surface area contributed by atoms with Crippen LogP contribution in [0.5, 0.6) is 0 Å². The molecular formula is C57H101NO11. The molecule has 1 aliphatic heterocycles. The third kappa shape index (κ3) is 41.3. The summed E-state index contributed by atoms with van der Waals surface area (Å²) >= 11 is 0. The van der Waals surface area contributed by atoms with Crippen LogP contribution in [0, 0.1) is 11.8 Å². The standard InChI is InChI=1S/C57H101NO11/c1-6-11-15-19-23-31-42-62-55(63-43-32-24-20-16-12-7-2)39-29-27-37-53(59)66-48-52(50-69-57(61)68-47-51-36-35-41-58(10-5)46-51)49-67-54(60)38-28-30-40-56(64-44-33-25-21-17-13-8-3)65-45-34-26-22-18-14-9-4/h23-26,31-34,51-52,55-56H,6-22,27-30,35-50H2,1-5H3/b31-23+,32-24+,33-25+,34-26+. The number of likely N-dealkylation sites (tertiary alicyclic amines) is 1. The van der Waals surface area contributed by atoms with Crippen molar-refractivity contribution >= 4 is 18.1 Å². The van der Waals surface area contributed by atoms with Gasteiger partial charge in [-0.05, 0) is 116 Å². The number of carbonyl (C=O) groups is 3. The second-order valence-corrected chi connectivity index (χ2v) is 18.6. The molecule has 1 saturated heterocycles. The molecule has 0 N–H and O–H groups in total. The zero-order chi connectivity index (χ0) is 50.1. The van der Waals surface area contributed by atoms with Crippen molar-refractivity contribution in [3.05, 3.63) is 48.6 Å². The third-order valence-electron chi connectivity index (χ3n) is 12.1. The van der Waals surface area contributed by atoms with Crippen LogP contribution in [-0.2, 0) is 47.5 Å². The maximum Gasteiger partial charge on any atom is 0.508 e. The summed E-state index contributed by atoms with van der Waals surface area (Å²) in [5.74, 6) is -1.03. The summed E-state index contributed by atoms with van der Waals surface area (Å²) in [6.07, 6.45) is 40.5. The Hall–Kier alpha value is -3.03. The van der Waals surface area contributed by atoms with E-state index in [-0.39, 0.29) is 69.7 Å². The van der Waals surface area contributed by atoms with E-state index in [2.05, 4.69) is 88.1 Å². The Kier molecular flexibility index (Phi) is 45.1. The lowest BCUT2D eigenvalue weighted by Crippen LogP contribution is -2.37. The van der Waals surface area contributed by atoms with Gasteiger partial charge in [-0.2, -0.15) is 0 Å². The highest BCUT2D eigenvalue weighted by Crippen LogP contribution is 2.18. The maximum absolute atomic E-state index is 13.0. The number of ether oxygens (including phenoxy) is 8. The molecule has 1 fully saturated rings. The molecule has 0 aromatic carbocycles. The van der Waals surface area contributed by atoms with Gasteiger partial charge in [-0.1, -0.05) is 135 Å². The van der Waals surface area contributed by atoms with Crippen LogP contribution in [0.25, 0.3) is 0 Å². The molecule has 400 valence electrons. The summed E-state index contributed by atoms with van der Waals surface area (Å²) in [6, 6.07) is 0. The first-order valence-corrected chi connectivity index (χ1v) is 27.7. The number of rotatable bonds is 47. The first-order valence-electron chi connectivity index (χ1n) is 27.7. The number of hydrogen-bond acceptors (Lipinski definition) is 12. The van der Waals surface area contributed by atoms with E-state index in [9.17, 15) is 14.4 Å². The first-order chi connectivity index (χ1) is 33.8. The molecular weight excluding hydrogens is 875 g/mol. The summed E-state index contributed by atoms with van der Waals surface area (Å²) in [4.78, 5) is 41.0. The number of carbonyl (C=O) groups excluding carboxylic acids is 3. The molecule has 0 amide bonds. The molecule has 12 nitrogen and oxygen atoms in total. The fourth-order valence-corrected chi connectivity index (χ4v) is 7.73. The highest BCUT2D eigenvalue weighted by atomic mass is 16.7. The van der Waals surface area contributed by atoms with Crippen molar-refractivity contribution in [2.45, 2.75) is 214 Å². The van der Waals surface area contributed by atoms with Gasteiger partial charge in [0.1, 0.15) is 19.8 Å². The van der Waals surface area contributed by atoms with E-state index in [4.69, 9.17) is 37.9 Å². The molecule has 1 aliphatic rings. The highest BCUT2D eigenvalue weighted by molar-refractivity contribution is 5.69. The van der Waals surface area contributed by atoms with E-state index in [0.29, 0.717) is 52.1 Å². The zero-order valence-electron chi connectivity index (χ0n) is 44.5. The predicted molar refractivity (Wildman–Crippen MR) is 279 cm³/mol. The summed E-state index contributed by atoms with van der Waals surface area (Å²) in [6.45, 7) is 15.9. The van der Waals surface area contributed by atoms with Gasteiger partial charge < -0.3 is 42.8 Å². The molecule has 0 spiro atoms. The summed E-state index contributed by atoms with van der Waals surface area (Å²) in [5.41, 5.74) is 0. The molecule has 0 aliphatic carbocycles. The average Bonchev–Trinajstić information content (AvgIpc) is 3.36. The van der Waals surface area contributed by atoms with Gasteiger partial charge in [0.15, 0.2) is 12.6 Å². The molecule has 0 aromatic heterocycles. The molecule has 69 heavy (non-hydrogen) atoms. The van der Waals surface area contributed by atoms with Crippen molar-refractivity contribution in [3.8, 4) is 0 Å². The number of hydrogen-bond donors (Lipinski definition) is 0. The van der Waals surface area contributed by atoms with E-state index in [1.165, 1.54) is 77.0 Å². The van der Waals surface area contributed by atoms with Gasteiger partial charge in [-0.15, -0.1) is 0 Å². The molecule has 0 saturated carbocycles. The van der Waals surface area contributed by atoms with Gasteiger partial charge >= 0.3 is 18.1 Å². The molecule has 1 unspecified atom stereocenters. The minimum atomic E-state index is -0.776. The van der Waals surface area contributed by atoms with Crippen molar-refractivity contribution in [2.24, 2.45) is 11.8 Å². The monoisotopic (exact) mass is 976 g/mol.